The molecule has 0 aromatic rings. The number of hydrogen-bond donors (Lipinski definition) is 0. The smallest absolute Gasteiger partial charge is 0.309 e. The highest BCUT2D eigenvalue weighted by Gasteiger charge is 2.30. The van der Waals surface area contributed by atoms with Crippen LogP contribution >= 0.6 is 0 Å². The van der Waals surface area contributed by atoms with Gasteiger partial charge < -0.3 is 4.74 Å². The van der Waals surface area contributed by atoms with Gasteiger partial charge in [0.25, 0.3) is 0 Å². The Morgan fingerprint density at radius 1 is 1.06 bits per heavy atom. The molecule has 0 saturated carbocycles. The van der Waals surface area contributed by atoms with Gasteiger partial charge in [-0.15, -0.1) is 0 Å². The summed E-state index contributed by atoms with van der Waals surface area (Å²) in [7, 11) is 0. The standard InChI is InChI=1S/C15H28O2/c1-3-4-5-6-7-8-9-10-11-14-12-13(2)17-15(14)16/h13-14H,3-12H2,1-2H3. The van der Waals surface area contributed by atoms with Crippen LogP contribution < -0.4 is 0 Å². The number of unbranched alkanes of at least 4 members (excludes halogenated alkanes) is 7. The van der Waals surface area contributed by atoms with Crippen molar-refractivity contribution in [3.8, 4) is 0 Å². The molecule has 0 N–H and O–H groups in total. The molecule has 100 valence electrons. The van der Waals surface area contributed by atoms with Gasteiger partial charge in [0, 0.05) is 0 Å². The minimum Gasteiger partial charge on any atom is -0.462 e. The van der Waals surface area contributed by atoms with Crippen molar-refractivity contribution in [1.82, 2.24) is 0 Å². The second-order valence-corrected chi connectivity index (χ2v) is 5.44. The van der Waals surface area contributed by atoms with Gasteiger partial charge in [-0.05, 0) is 19.8 Å². The summed E-state index contributed by atoms with van der Waals surface area (Å²) in [5.74, 6) is 0.241. The van der Waals surface area contributed by atoms with Crippen molar-refractivity contribution in [3.63, 3.8) is 0 Å². The monoisotopic (exact) mass is 240 g/mol. The summed E-state index contributed by atoms with van der Waals surface area (Å²) in [6.45, 7) is 4.24. The molecule has 0 spiro atoms. The van der Waals surface area contributed by atoms with Gasteiger partial charge in [0.2, 0.25) is 0 Å². The molecule has 1 aliphatic rings. The number of carbonyl (C=O) groups is 1. The van der Waals surface area contributed by atoms with Crippen molar-refractivity contribution in [2.45, 2.75) is 84.2 Å². The fourth-order valence-electron chi connectivity index (χ4n) is 2.60. The Balaban J connectivity index is 1.89. The van der Waals surface area contributed by atoms with Crippen LogP contribution in [0, 0.1) is 5.92 Å². The number of ether oxygens (including phenoxy) is 1. The summed E-state index contributed by atoms with van der Waals surface area (Å²) >= 11 is 0. The van der Waals surface area contributed by atoms with Gasteiger partial charge in [0.15, 0.2) is 0 Å². The first kappa shape index (κ1) is 14.5. The minimum atomic E-state index is 0.0421. The zero-order chi connectivity index (χ0) is 12.5. The Kier molecular flexibility index (Phi) is 7.30. The van der Waals surface area contributed by atoms with E-state index >= 15 is 0 Å². The molecule has 1 aliphatic heterocycles. The number of carbonyl (C=O) groups excluding carboxylic acids is 1. The van der Waals surface area contributed by atoms with Gasteiger partial charge in [0.05, 0.1) is 12.0 Å². The molecule has 2 heteroatoms. The molecule has 2 atom stereocenters. The molecule has 0 bridgehead atoms. The van der Waals surface area contributed by atoms with Crippen LogP contribution in [0.2, 0.25) is 0 Å². The van der Waals surface area contributed by atoms with Crippen molar-refractivity contribution in [3.05, 3.63) is 0 Å². The molecular formula is C15H28O2. The van der Waals surface area contributed by atoms with Crippen LogP contribution in [0.3, 0.4) is 0 Å². The molecule has 1 saturated heterocycles. The third-order valence-electron chi connectivity index (χ3n) is 3.67. The highest BCUT2D eigenvalue weighted by atomic mass is 16.5. The van der Waals surface area contributed by atoms with Gasteiger partial charge in [-0.25, -0.2) is 0 Å². The maximum absolute atomic E-state index is 11.4. The fourth-order valence-corrected chi connectivity index (χ4v) is 2.60. The molecule has 1 fully saturated rings. The Bertz CT molecular complexity index is 213. The molecule has 17 heavy (non-hydrogen) atoms. The third-order valence-corrected chi connectivity index (χ3v) is 3.67. The van der Waals surface area contributed by atoms with Crippen LogP contribution in [0.4, 0.5) is 0 Å². The molecule has 0 aromatic carbocycles. The zero-order valence-electron chi connectivity index (χ0n) is 11.5. The summed E-state index contributed by atoms with van der Waals surface area (Å²) in [4.78, 5) is 11.4. The van der Waals surface area contributed by atoms with Crippen LogP contribution in [-0.2, 0) is 9.53 Å². The molecule has 1 heterocycles. The first-order chi connectivity index (χ1) is 8.24. The maximum atomic E-state index is 11.4. The quantitative estimate of drug-likeness (QED) is 0.439. The Labute approximate surface area is 106 Å². The summed E-state index contributed by atoms with van der Waals surface area (Å²) < 4.78 is 5.16. The van der Waals surface area contributed by atoms with Crippen molar-refractivity contribution in [2.75, 3.05) is 0 Å². The van der Waals surface area contributed by atoms with E-state index in [9.17, 15) is 4.79 Å². The van der Waals surface area contributed by atoms with E-state index in [0.29, 0.717) is 0 Å². The summed E-state index contributed by atoms with van der Waals surface area (Å²) in [6.07, 6.45) is 12.8. The van der Waals surface area contributed by atoms with E-state index in [-0.39, 0.29) is 18.0 Å². The SMILES string of the molecule is CCCCCCCCCCC1CC(C)OC1=O. The van der Waals surface area contributed by atoms with E-state index in [1.54, 1.807) is 0 Å². The maximum Gasteiger partial charge on any atom is 0.309 e. The molecule has 0 amide bonds. The third kappa shape index (κ3) is 6.09. The van der Waals surface area contributed by atoms with E-state index in [0.717, 1.165) is 12.8 Å². The number of cyclic esters (lactones) is 1. The molecule has 0 aliphatic carbocycles. The normalized spacial score (nSPS) is 24.0. The summed E-state index contributed by atoms with van der Waals surface area (Å²) in [5.41, 5.74) is 0. The van der Waals surface area contributed by atoms with Gasteiger partial charge >= 0.3 is 5.97 Å². The second-order valence-electron chi connectivity index (χ2n) is 5.44. The van der Waals surface area contributed by atoms with Crippen molar-refractivity contribution in [2.24, 2.45) is 5.92 Å². The van der Waals surface area contributed by atoms with Crippen LogP contribution in [0.25, 0.3) is 0 Å². The van der Waals surface area contributed by atoms with Gasteiger partial charge in [0.1, 0.15) is 0 Å². The molecule has 2 unspecified atom stereocenters. The minimum absolute atomic E-state index is 0.0421. The van der Waals surface area contributed by atoms with E-state index in [1.807, 2.05) is 6.92 Å². The Hall–Kier alpha value is -0.530. The Morgan fingerprint density at radius 3 is 2.18 bits per heavy atom. The number of rotatable bonds is 9. The lowest BCUT2D eigenvalue weighted by Gasteiger charge is -2.05. The molecule has 1 rings (SSSR count). The van der Waals surface area contributed by atoms with Gasteiger partial charge in [-0.2, -0.15) is 0 Å². The van der Waals surface area contributed by atoms with Crippen LogP contribution in [-0.4, -0.2) is 12.1 Å². The van der Waals surface area contributed by atoms with Crippen molar-refractivity contribution < 1.29 is 9.53 Å². The second kappa shape index (κ2) is 8.54. The summed E-state index contributed by atoms with van der Waals surface area (Å²) in [5, 5.41) is 0. The lowest BCUT2D eigenvalue weighted by Crippen LogP contribution is -2.07. The molecule has 2 nitrogen and oxygen atoms in total. The first-order valence-corrected chi connectivity index (χ1v) is 7.44. The van der Waals surface area contributed by atoms with Crippen molar-refractivity contribution >= 4 is 5.97 Å². The average Bonchev–Trinajstić information content (AvgIpc) is 2.61. The first-order valence-electron chi connectivity index (χ1n) is 7.44. The van der Waals surface area contributed by atoms with E-state index in [1.165, 1.54) is 51.4 Å². The highest BCUT2D eigenvalue weighted by molar-refractivity contribution is 5.74. The Morgan fingerprint density at radius 2 is 1.65 bits per heavy atom. The predicted molar refractivity (Wildman–Crippen MR) is 70.9 cm³/mol. The van der Waals surface area contributed by atoms with E-state index < -0.39 is 0 Å². The lowest BCUT2D eigenvalue weighted by molar-refractivity contribution is -0.143. The molecule has 0 radical (unpaired) electrons. The average molecular weight is 240 g/mol. The topological polar surface area (TPSA) is 26.3 Å². The lowest BCUT2D eigenvalue weighted by atomic mass is 9.97. The van der Waals surface area contributed by atoms with Gasteiger partial charge in [-0.3, -0.25) is 4.79 Å². The number of hydrogen-bond acceptors (Lipinski definition) is 2. The summed E-state index contributed by atoms with van der Waals surface area (Å²) in [6, 6.07) is 0. The number of esters is 1. The highest BCUT2D eigenvalue weighted by Crippen LogP contribution is 2.25. The van der Waals surface area contributed by atoms with Crippen LogP contribution in [0.5, 0.6) is 0 Å². The zero-order valence-corrected chi connectivity index (χ0v) is 11.5. The molecule has 0 aromatic heterocycles. The van der Waals surface area contributed by atoms with E-state index in [4.69, 9.17) is 4.74 Å². The fraction of sp³-hybridized carbons (Fsp3) is 0.933. The van der Waals surface area contributed by atoms with Crippen LogP contribution in [0.1, 0.15) is 78.1 Å². The van der Waals surface area contributed by atoms with Gasteiger partial charge in [-0.1, -0.05) is 58.3 Å². The predicted octanol–water partition coefficient (Wildman–Crippen LogP) is 4.47. The van der Waals surface area contributed by atoms with Crippen molar-refractivity contribution in [1.29, 1.82) is 0 Å². The molecular weight excluding hydrogens is 212 g/mol. The van der Waals surface area contributed by atoms with E-state index in [2.05, 4.69) is 6.92 Å². The van der Waals surface area contributed by atoms with Crippen LogP contribution in [0.15, 0.2) is 0 Å². The largest absolute Gasteiger partial charge is 0.462 e.